The second-order valence-corrected chi connectivity index (χ2v) is 10.5. The summed E-state index contributed by atoms with van der Waals surface area (Å²) < 4.78 is 4.86. The molecule has 102 valence electrons. The van der Waals surface area contributed by atoms with Crippen molar-refractivity contribution in [2.24, 2.45) is 0 Å². The van der Waals surface area contributed by atoms with Crippen LogP contribution in [-0.4, -0.2) is 21.2 Å². The first-order valence-corrected chi connectivity index (χ1v) is 10.1. The summed E-state index contributed by atoms with van der Waals surface area (Å²) in [6.45, 7) is 6.60. The topological polar surface area (TPSA) is 26.3 Å². The van der Waals surface area contributed by atoms with E-state index in [9.17, 15) is 4.79 Å². The van der Waals surface area contributed by atoms with Crippen molar-refractivity contribution in [3.63, 3.8) is 0 Å². The predicted octanol–water partition coefficient (Wildman–Crippen LogP) is 3.81. The molecular formula is C17H18O2Si. The normalized spacial score (nSPS) is 10.8. The third-order valence-electron chi connectivity index (χ3n) is 2.88. The highest BCUT2D eigenvalue weighted by molar-refractivity contribution is 6.83. The number of fused-ring (bicyclic) bond motifs is 1. The molecule has 0 aromatic rings. The van der Waals surface area contributed by atoms with E-state index in [-0.39, 0.29) is 5.97 Å². The van der Waals surface area contributed by atoms with Crippen LogP contribution < -0.4 is 0 Å². The van der Waals surface area contributed by atoms with Crippen molar-refractivity contribution in [3.8, 4) is 22.6 Å². The summed E-state index contributed by atoms with van der Waals surface area (Å²) in [6, 6.07) is 11.6. The fraction of sp³-hybridized carbons (Fsp3) is 0.235. The Labute approximate surface area is 121 Å². The number of hydrogen-bond acceptors (Lipinski definition) is 2. The molecule has 0 spiro atoms. The average Bonchev–Trinajstić information content (AvgIpc) is 2.57. The summed E-state index contributed by atoms with van der Waals surface area (Å²) >= 11 is 0. The van der Waals surface area contributed by atoms with E-state index in [0.717, 1.165) is 16.7 Å². The molecule has 0 aromatic carbocycles. The first kappa shape index (κ1) is 14.4. The van der Waals surface area contributed by atoms with Gasteiger partial charge in [-0.15, -0.1) is 5.54 Å². The van der Waals surface area contributed by atoms with Crippen LogP contribution in [0.4, 0.5) is 0 Å². The van der Waals surface area contributed by atoms with Crippen LogP contribution in [0.25, 0.3) is 11.1 Å². The smallest absolute Gasteiger partial charge is 0.338 e. The van der Waals surface area contributed by atoms with Gasteiger partial charge in [0.25, 0.3) is 0 Å². The van der Waals surface area contributed by atoms with Gasteiger partial charge in [0.05, 0.1) is 12.7 Å². The molecule has 0 amide bonds. The molecule has 2 aliphatic rings. The van der Waals surface area contributed by atoms with Crippen LogP contribution >= 0.6 is 0 Å². The number of carbonyl (C=O) groups excluding carboxylic acids is 1. The van der Waals surface area contributed by atoms with E-state index in [2.05, 4.69) is 31.1 Å². The van der Waals surface area contributed by atoms with Gasteiger partial charge in [0, 0.05) is 5.56 Å². The maximum atomic E-state index is 11.9. The van der Waals surface area contributed by atoms with Crippen molar-refractivity contribution in [2.75, 3.05) is 7.11 Å². The minimum absolute atomic E-state index is 0.317. The maximum absolute atomic E-state index is 11.9. The Morgan fingerprint density at radius 1 is 1.10 bits per heavy atom. The standard InChI is InChI=1S/C17H18O2Si/c1-19-17(18)16-12-13(10-11-20(2,3)4)14-8-6-5-7-9-15(14)16/h5-9,12H,1-4H3. The monoisotopic (exact) mass is 282 g/mol. The van der Waals surface area contributed by atoms with Crippen LogP contribution in [0.5, 0.6) is 0 Å². The quantitative estimate of drug-likeness (QED) is 0.452. The summed E-state index contributed by atoms with van der Waals surface area (Å²) in [7, 11) is -0.0510. The molecule has 3 heteroatoms. The van der Waals surface area contributed by atoms with E-state index in [1.807, 2.05) is 36.4 Å². The van der Waals surface area contributed by atoms with E-state index in [4.69, 9.17) is 4.74 Å². The highest BCUT2D eigenvalue weighted by Crippen LogP contribution is 2.31. The lowest BCUT2D eigenvalue weighted by molar-refractivity contribution is 0.0602. The van der Waals surface area contributed by atoms with Crippen LogP contribution in [0.2, 0.25) is 19.6 Å². The number of rotatable bonds is 1. The minimum atomic E-state index is -1.45. The Bertz CT molecular complexity index is 672. The molecule has 0 saturated heterocycles. The molecule has 0 unspecified atom stereocenters. The Morgan fingerprint density at radius 2 is 1.75 bits per heavy atom. The summed E-state index contributed by atoms with van der Waals surface area (Å²) in [6.07, 6.45) is 0. The van der Waals surface area contributed by atoms with Crippen LogP contribution in [0, 0.1) is 11.5 Å². The van der Waals surface area contributed by atoms with E-state index in [0.29, 0.717) is 5.56 Å². The first-order valence-electron chi connectivity index (χ1n) is 6.55. The molecule has 2 nitrogen and oxygen atoms in total. The fourth-order valence-electron chi connectivity index (χ4n) is 1.95. The molecule has 0 fully saturated rings. The molecular weight excluding hydrogens is 264 g/mol. The van der Waals surface area contributed by atoms with Gasteiger partial charge in [-0.2, -0.15) is 0 Å². The number of esters is 1. The summed E-state index contributed by atoms with van der Waals surface area (Å²) in [5.41, 5.74) is 6.72. The van der Waals surface area contributed by atoms with E-state index in [1.54, 1.807) is 0 Å². The third kappa shape index (κ3) is 3.09. The van der Waals surface area contributed by atoms with Gasteiger partial charge >= 0.3 is 5.97 Å². The molecule has 0 saturated carbocycles. The highest BCUT2D eigenvalue weighted by Gasteiger charge is 2.19. The van der Waals surface area contributed by atoms with Gasteiger partial charge in [0.2, 0.25) is 0 Å². The molecule has 0 atom stereocenters. The van der Waals surface area contributed by atoms with E-state index < -0.39 is 8.07 Å². The molecule has 0 heterocycles. The second kappa shape index (κ2) is 5.52. The lowest BCUT2D eigenvalue weighted by atomic mass is 10.1. The fourth-order valence-corrected chi connectivity index (χ4v) is 2.46. The van der Waals surface area contributed by atoms with Crippen LogP contribution in [0.3, 0.4) is 0 Å². The number of hydrogen-bond donors (Lipinski definition) is 0. The van der Waals surface area contributed by atoms with Crippen LogP contribution in [-0.2, 0) is 4.74 Å². The van der Waals surface area contributed by atoms with Gasteiger partial charge in [-0.1, -0.05) is 55.9 Å². The number of ether oxygens (including phenoxy) is 1. The van der Waals surface area contributed by atoms with E-state index in [1.165, 1.54) is 7.11 Å². The van der Waals surface area contributed by atoms with Gasteiger partial charge in [-0.05, 0) is 17.2 Å². The van der Waals surface area contributed by atoms with Crippen LogP contribution in [0.15, 0.2) is 36.4 Å². The molecule has 0 radical (unpaired) electrons. The molecule has 2 aliphatic carbocycles. The molecule has 0 N–H and O–H groups in total. The Hall–Kier alpha value is -2.05. The first-order chi connectivity index (χ1) is 9.42. The largest absolute Gasteiger partial charge is 0.465 e. The summed E-state index contributed by atoms with van der Waals surface area (Å²) in [4.78, 5) is 11.9. The Morgan fingerprint density at radius 3 is 2.35 bits per heavy atom. The molecule has 2 rings (SSSR count). The SMILES string of the molecule is COC(=O)c1cc(C#C[Si](C)(C)C)c2cccccc1-2. The average molecular weight is 282 g/mol. The van der Waals surface area contributed by atoms with Gasteiger partial charge in [-0.3, -0.25) is 0 Å². The molecule has 0 aliphatic heterocycles. The maximum Gasteiger partial charge on any atom is 0.338 e. The lowest BCUT2D eigenvalue weighted by Crippen LogP contribution is -2.16. The number of carbonyl (C=O) groups is 1. The van der Waals surface area contributed by atoms with Crippen molar-refractivity contribution in [1.29, 1.82) is 0 Å². The summed E-state index contributed by atoms with van der Waals surface area (Å²) in [5.74, 6) is 2.93. The minimum Gasteiger partial charge on any atom is -0.465 e. The summed E-state index contributed by atoms with van der Waals surface area (Å²) in [5, 5.41) is 0. The second-order valence-electron chi connectivity index (χ2n) is 5.70. The van der Waals surface area contributed by atoms with Gasteiger partial charge in [0.1, 0.15) is 8.07 Å². The van der Waals surface area contributed by atoms with Crippen molar-refractivity contribution in [2.45, 2.75) is 19.6 Å². The van der Waals surface area contributed by atoms with Crippen LogP contribution in [0.1, 0.15) is 15.9 Å². The van der Waals surface area contributed by atoms with Gasteiger partial charge < -0.3 is 4.74 Å². The van der Waals surface area contributed by atoms with Crippen molar-refractivity contribution in [3.05, 3.63) is 47.5 Å². The molecule has 0 aromatic heterocycles. The van der Waals surface area contributed by atoms with Gasteiger partial charge in [0.15, 0.2) is 0 Å². The predicted molar refractivity (Wildman–Crippen MR) is 84.6 cm³/mol. The number of methoxy groups -OCH3 is 1. The van der Waals surface area contributed by atoms with Crippen molar-refractivity contribution in [1.82, 2.24) is 0 Å². The lowest BCUT2D eigenvalue weighted by Gasteiger charge is -2.03. The molecule has 0 bridgehead atoms. The van der Waals surface area contributed by atoms with E-state index >= 15 is 0 Å². The zero-order chi connectivity index (χ0) is 14.8. The third-order valence-corrected chi connectivity index (χ3v) is 3.76. The molecule has 20 heavy (non-hydrogen) atoms. The zero-order valence-electron chi connectivity index (χ0n) is 12.3. The zero-order valence-corrected chi connectivity index (χ0v) is 13.3. The highest BCUT2D eigenvalue weighted by atomic mass is 28.3. The van der Waals surface area contributed by atoms with Crippen molar-refractivity contribution >= 4 is 14.0 Å². The van der Waals surface area contributed by atoms with Gasteiger partial charge in [-0.25, -0.2) is 4.79 Å². The Balaban J connectivity index is 2.62. The Kier molecular flexibility index (Phi) is 3.96. The van der Waals surface area contributed by atoms with Crippen molar-refractivity contribution < 1.29 is 9.53 Å².